The molecule has 1 aliphatic heterocycles. The van der Waals surface area contributed by atoms with Crippen molar-refractivity contribution in [1.82, 2.24) is 15.0 Å². The average Bonchev–Trinajstić information content (AvgIpc) is 2.90. The number of rotatable bonds is 7. The third kappa shape index (κ3) is 5.14. The number of nitrogens with one attached hydrogen (secondary N) is 2. The molecule has 3 N–H and O–H groups in total. The van der Waals surface area contributed by atoms with Gasteiger partial charge in [-0.3, -0.25) is 10.1 Å². The van der Waals surface area contributed by atoms with Crippen LogP contribution in [0.15, 0.2) is 65.8 Å². The smallest absolute Gasteiger partial charge is 0.270 e. The van der Waals surface area contributed by atoms with Crippen molar-refractivity contribution in [2.24, 2.45) is 5.10 Å². The largest absolute Gasteiger partial charge is 0.507 e. The number of piperidine rings is 1. The van der Waals surface area contributed by atoms with Gasteiger partial charge in [0.1, 0.15) is 5.75 Å². The predicted molar refractivity (Wildman–Crippen MR) is 139 cm³/mol. The molecule has 11 nitrogen and oxygen atoms in total. The Morgan fingerprint density at radius 1 is 0.972 bits per heavy atom. The molecule has 182 valence electrons. The number of hydrazone groups is 1. The number of benzene rings is 3. The quantitative estimate of drug-likeness (QED) is 0.191. The molecule has 0 amide bonds. The fraction of sp³-hybridized carbons (Fsp3) is 0.200. The molecular formula is C25H24N8O3. The number of phenolic OH excluding ortho intramolecular Hbond substituents is 1. The number of hydrogen-bond donors (Lipinski definition) is 3. The number of phenols is 1. The van der Waals surface area contributed by atoms with E-state index in [1.807, 2.05) is 30.3 Å². The zero-order valence-electron chi connectivity index (χ0n) is 19.3. The number of nitro benzene ring substituents is 1. The van der Waals surface area contributed by atoms with Crippen LogP contribution in [0.4, 0.5) is 29.2 Å². The maximum atomic E-state index is 11.1. The van der Waals surface area contributed by atoms with Gasteiger partial charge in [0.2, 0.25) is 17.8 Å². The van der Waals surface area contributed by atoms with Gasteiger partial charge < -0.3 is 15.3 Å². The van der Waals surface area contributed by atoms with Gasteiger partial charge in [0.15, 0.2) is 0 Å². The van der Waals surface area contributed by atoms with Crippen LogP contribution in [0, 0.1) is 10.1 Å². The Kier molecular flexibility index (Phi) is 6.52. The summed E-state index contributed by atoms with van der Waals surface area (Å²) in [6.45, 7) is 1.74. The Morgan fingerprint density at radius 2 is 1.75 bits per heavy atom. The summed E-state index contributed by atoms with van der Waals surface area (Å²) in [4.78, 5) is 26.4. The van der Waals surface area contributed by atoms with Crippen molar-refractivity contribution >= 4 is 46.2 Å². The molecule has 5 rings (SSSR count). The first kappa shape index (κ1) is 23.0. The van der Waals surface area contributed by atoms with E-state index < -0.39 is 4.92 Å². The van der Waals surface area contributed by atoms with E-state index in [1.165, 1.54) is 30.8 Å². The van der Waals surface area contributed by atoms with Gasteiger partial charge in [-0.25, -0.2) is 5.43 Å². The Bertz CT molecular complexity index is 1420. The SMILES string of the molecule is O=[N+]([O-])c1ccc2c(/C=N\Nc3nc(Nc4ccccc4)nc(N4CCCCC4)n3)c(O)ccc2c1. The molecule has 0 bridgehead atoms. The van der Waals surface area contributed by atoms with Crippen LogP contribution in [0.3, 0.4) is 0 Å². The van der Waals surface area contributed by atoms with Crippen LogP contribution < -0.4 is 15.6 Å². The second-order valence-electron chi connectivity index (χ2n) is 8.35. The Hall–Kier alpha value is -4.80. The average molecular weight is 485 g/mol. The molecular weight excluding hydrogens is 460 g/mol. The van der Waals surface area contributed by atoms with Gasteiger partial charge in [0.05, 0.1) is 11.1 Å². The number of nitro groups is 1. The molecule has 2 heterocycles. The standard InChI is InChI=1S/C25H24N8O3/c34-22-12-9-17-15-19(33(35)36)10-11-20(17)21(22)16-26-31-24-28-23(27-18-7-3-1-4-8-18)29-25(30-24)32-13-5-2-6-14-32/h1,3-4,7-12,15-16,34H,2,5-6,13-14H2,(H2,27,28,29,30,31)/b26-16-. The Balaban J connectivity index is 1.43. The number of nitrogens with zero attached hydrogens (tertiary/aromatic N) is 6. The minimum atomic E-state index is -0.455. The van der Waals surface area contributed by atoms with Crippen LogP contribution in [0.5, 0.6) is 5.75 Å². The summed E-state index contributed by atoms with van der Waals surface area (Å²) < 4.78 is 0. The number of aromatic nitrogens is 3. The molecule has 1 aromatic heterocycles. The summed E-state index contributed by atoms with van der Waals surface area (Å²) in [5, 5.41) is 30.2. The number of aromatic hydroxyl groups is 1. The van der Waals surface area contributed by atoms with E-state index in [0.717, 1.165) is 31.6 Å². The molecule has 0 aliphatic carbocycles. The van der Waals surface area contributed by atoms with E-state index >= 15 is 0 Å². The fourth-order valence-electron chi connectivity index (χ4n) is 4.09. The third-order valence-corrected chi connectivity index (χ3v) is 5.88. The van der Waals surface area contributed by atoms with Crippen molar-refractivity contribution in [3.05, 3.63) is 76.3 Å². The van der Waals surface area contributed by atoms with Crippen molar-refractivity contribution in [1.29, 1.82) is 0 Å². The molecule has 0 spiro atoms. The predicted octanol–water partition coefficient (Wildman–Crippen LogP) is 4.82. The molecule has 3 aromatic carbocycles. The number of non-ortho nitro benzene ring substituents is 1. The monoisotopic (exact) mass is 484 g/mol. The highest BCUT2D eigenvalue weighted by Crippen LogP contribution is 2.29. The molecule has 11 heteroatoms. The van der Waals surface area contributed by atoms with Gasteiger partial charge in [-0.2, -0.15) is 20.1 Å². The van der Waals surface area contributed by atoms with Gasteiger partial charge >= 0.3 is 0 Å². The van der Waals surface area contributed by atoms with Crippen LogP contribution in [0.1, 0.15) is 24.8 Å². The summed E-state index contributed by atoms with van der Waals surface area (Å²) in [7, 11) is 0. The number of fused-ring (bicyclic) bond motifs is 1. The van der Waals surface area contributed by atoms with Crippen molar-refractivity contribution in [3.63, 3.8) is 0 Å². The van der Waals surface area contributed by atoms with Crippen LogP contribution in [-0.2, 0) is 0 Å². The van der Waals surface area contributed by atoms with Crippen molar-refractivity contribution < 1.29 is 10.0 Å². The molecule has 1 saturated heterocycles. The van der Waals surface area contributed by atoms with E-state index in [2.05, 4.69) is 35.7 Å². The minimum absolute atomic E-state index is 0.00186. The zero-order valence-corrected chi connectivity index (χ0v) is 19.3. The van der Waals surface area contributed by atoms with E-state index in [0.29, 0.717) is 28.2 Å². The molecule has 1 aliphatic rings. The van der Waals surface area contributed by atoms with E-state index in [9.17, 15) is 15.2 Å². The molecule has 0 atom stereocenters. The van der Waals surface area contributed by atoms with E-state index in [-0.39, 0.29) is 17.4 Å². The van der Waals surface area contributed by atoms with Gasteiger partial charge in [-0.05, 0) is 54.3 Å². The van der Waals surface area contributed by atoms with Crippen LogP contribution >= 0.6 is 0 Å². The lowest BCUT2D eigenvalue weighted by molar-refractivity contribution is -0.384. The minimum Gasteiger partial charge on any atom is -0.507 e. The molecule has 36 heavy (non-hydrogen) atoms. The van der Waals surface area contributed by atoms with Crippen LogP contribution in [-0.4, -0.2) is 44.3 Å². The van der Waals surface area contributed by atoms with Gasteiger partial charge in [-0.15, -0.1) is 0 Å². The first-order valence-electron chi connectivity index (χ1n) is 11.6. The lowest BCUT2D eigenvalue weighted by atomic mass is 10.0. The van der Waals surface area contributed by atoms with Gasteiger partial charge in [0.25, 0.3) is 5.69 Å². The zero-order chi connectivity index (χ0) is 24.9. The first-order chi connectivity index (χ1) is 17.6. The molecule has 0 saturated carbocycles. The second-order valence-corrected chi connectivity index (χ2v) is 8.35. The van der Waals surface area contributed by atoms with E-state index in [1.54, 1.807) is 12.1 Å². The summed E-state index contributed by atoms with van der Waals surface area (Å²) in [6, 6.07) is 17.2. The highest BCUT2D eigenvalue weighted by molar-refractivity contribution is 6.03. The Morgan fingerprint density at radius 3 is 2.53 bits per heavy atom. The maximum Gasteiger partial charge on any atom is 0.270 e. The summed E-state index contributed by atoms with van der Waals surface area (Å²) >= 11 is 0. The van der Waals surface area contributed by atoms with Gasteiger partial charge in [-0.1, -0.05) is 24.3 Å². The van der Waals surface area contributed by atoms with Crippen LogP contribution in [0.25, 0.3) is 10.8 Å². The highest BCUT2D eigenvalue weighted by atomic mass is 16.6. The van der Waals surface area contributed by atoms with Crippen molar-refractivity contribution in [3.8, 4) is 5.75 Å². The number of anilines is 4. The summed E-state index contributed by atoms with van der Waals surface area (Å²) in [5.74, 6) is 1.18. The normalized spacial score (nSPS) is 13.7. The Labute approximate surface area is 206 Å². The number of hydrogen-bond acceptors (Lipinski definition) is 10. The lowest BCUT2D eigenvalue weighted by Gasteiger charge is -2.26. The number of para-hydroxylation sites is 1. The topological polar surface area (TPSA) is 142 Å². The molecule has 0 radical (unpaired) electrons. The van der Waals surface area contributed by atoms with Gasteiger partial charge in [0, 0.05) is 36.5 Å². The summed E-state index contributed by atoms with van der Waals surface area (Å²) in [6.07, 6.45) is 4.78. The molecule has 4 aromatic rings. The van der Waals surface area contributed by atoms with Crippen molar-refractivity contribution in [2.75, 3.05) is 28.7 Å². The fourth-order valence-corrected chi connectivity index (χ4v) is 4.09. The third-order valence-electron chi connectivity index (χ3n) is 5.88. The highest BCUT2D eigenvalue weighted by Gasteiger charge is 2.17. The first-order valence-corrected chi connectivity index (χ1v) is 11.6. The maximum absolute atomic E-state index is 11.1. The van der Waals surface area contributed by atoms with Crippen LogP contribution in [0.2, 0.25) is 0 Å². The van der Waals surface area contributed by atoms with E-state index in [4.69, 9.17) is 0 Å². The van der Waals surface area contributed by atoms with Crippen molar-refractivity contribution in [2.45, 2.75) is 19.3 Å². The molecule has 0 unspecified atom stereocenters. The second kappa shape index (κ2) is 10.2. The molecule has 1 fully saturated rings. The lowest BCUT2D eigenvalue weighted by Crippen LogP contribution is -2.31. The summed E-state index contributed by atoms with van der Waals surface area (Å²) in [5.41, 5.74) is 4.08.